The minimum atomic E-state index is -0.915. The van der Waals surface area contributed by atoms with E-state index in [4.69, 9.17) is 0 Å². The molecule has 1 aliphatic heterocycles. The molecule has 5 amide bonds. The highest BCUT2D eigenvalue weighted by Crippen LogP contribution is 2.33. The molecule has 1 saturated heterocycles. The third-order valence-corrected chi connectivity index (χ3v) is 5.62. The van der Waals surface area contributed by atoms with Crippen molar-refractivity contribution >= 4 is 34.6 Å². The monoisotopic (exact) mass is 401 g/mol. The number of imide groups is 1. The zero-order valence-corrected chi connectivity index (χ0v) is 16.0. The third kappa shape index (κ3) is 3.12. The van der Waals surface area contributed by atoms with Gasteiger partial charge in [0.05, 0.1) is 5.52 Å². The SMILES string of the molecule is O=C(NCc1cccc2cccnc12)Nc1ccc2c(c1)CC1(C2)NC(=O)NC1=O. The van der Waals surface area contributed by atoms with Gasteiger partial charge in [-0.3, -0.25) is 15.1 Å². The minimum Gasteiger partial charge on any atom is -0.334 e. The van der Waals surface area contributed by atoms with Crippen molar-refractivity contribution in [2.45, 2.75) is 24.9 Å². The zero-order valence-electron chi connectivity index (χ0n) is 16.0. The van der Waals surface area contributed by atoms with E-state index in [0.717, 1.165) is 27.6 Å². The van der Waals surface area contributed by atoms with Crippen LogP contribution in [-0.4, -0.2) is 28.5 Å². The first-order valence-corrected chi connectivity index (χ1v) is 9.65. The van der Waals surface area contributed by atoms with Gasteiger partial charge in [0.15, 0.2) is 0 Å². The average molecular weight is 401 g/mol. The predicted molar refractivity (Wildman–Crippen MR) is 111 cm³/mol. The molecule has 30 heavy (non-hydrogen) atoms. The number of hydrogen-bond acceptors (Lipinski definition) is 4. The second-order valence-corrected chi connectivity index (χ2v) is 7.63. The minimum absolute atomic E-state index is 0.306. The Kier molecular flexibility index (Phi) is 4.13. The second-order valence-electron chi connectivity index (χ2n) is 7.63. The van der Waals surface area contributed by atoms with E-state index in [9.17, 15) is 14.4 Å². The molecule has 0 bridgehead atoms. The molecule has 1 unspecified atom stereocenters. The van der Waals surface area contributed by atoms with Gasteiger partial charge in [-0.05, 0) is 34.9 Å². The van der Waals surface area contributed by atoms with E-state index in [1.807, 2.05) is 42.5 Å². The van der Waals surface area contributed by atoms with E-state index in [1.54, 1.807) is 12.3 Å². The lowest BCUT2D eigenvalue weighted by atomic mass is 9.96. The molecule has 1 spiro atoms. The Bertz CT molecular complexity index is 1200. The van der Waals surface area contributed by atoms with E-state index >= 15 is 0 Å². The summed E-state index contributed by atoms with van der Waals surface area (Å²) in [7, 11) is 0. The van der Waals surface area contributed by atoms with Crippen molar-refractivity contribution in [1.82, 2.24) is 20.9 Å². The maximum absolute atomic E-state index is 12.4. The lowest BCUT2D eigenvalue weighted by Gasteiger charge is -2.18. The van der Waals surface area contributed by atoms with Crippen LogP contribution in [0.3, 0.4) is 0 Å². The van der Waals surface area contributed by atoms with Crippen LogP contribution in [-0.2, 0) is 24.2 Å². The summed E-state index contributed by atoms with van der Waals surface area (Å²) in [5.41, 5.74) is 3.43. The van der Waals surface area contributed by atoms with Gasteiger partial charge in [0.25, 0.3) is 5.91 Å². The van der Waals surface area contributed by atoms with Gasteiger partial charge in [-0.1, -0.05) is 30.3 Å². The van der Waals surface area contributed by atoms with Crippen LogP contribution in [0.5, 0.6) is 0 Å². The quantitative estimate of drug-likeness (QED) is 0.504. The Morgan fingerprint density at radius 2 is 1.90 bits per heavy atom. The summed E-state index contributed by atoms with van der Waals surface area (Å²) >= 11 is 0. The number of aromatic nitrogens is 1. The largest absolute Gasteiger partial charge is 0.334 e. The number of nitrogens with one attached hydrogen (secondary N) is 4. The molecule has 0 saturated carbocycles. The first-order valence-electron chi connectivity index (χ1n) is 9.65. The average Bonchev–Trinajstić information content (AvgIpc) is 3.23. The Labute approximate surface area is 172 Å². The maximum atomic E-state index is 12.4. The van der Waals surface area contributed by atoms with Gasteiger partial charge in [-0.25, -0.2) is 9.59 Å². The van der Waals surface area contributed by atoms with E-state index < -0.39 is 11.6 Å². The molecule has 3 aromatic rings. The molecule has 4 N–H and O–H groups in total. The maximum Gasteiger partial charge on any atom is 0.322 e. The summed E-state index contributed by atoms with van der Waals surface area (Å²) in [4.78, 5) is 40.5. The van der Waals surface area contributed by atoms with Gasteiger partial charge < -0.3 is 16.0 Å². The van der Waals surface area contributed by atoms with Crippen LogP contribution in [0.4, 0.5) is 15.3 Å². The van der Waals surface area contributed by atoms with Gasteiger partial charge in [0, 0.05) is 36.7 Å². The van der Waals surface area contributed by atoms with Crippen molar-refractivity contribution in [2.75, 3.05) is 5.32 Å². The number of rotatable bonds is 3. The predicted octanol–water partition coefficient (Wildman–Crippen LogP) is 2.23. The second kappa shape index (κ2) is 6.84. The first kappa shape index (κ1) is 18.1. The Hall–Kier alpha value is -3.94. The third-order valence-electron chi connectivity index (χ3n) is 5.62. The highest BCUT2D eigenvalue weighted by molar-refractivity contribution is 6.08. The van der Waals surface area contributed by atoms with Gasteiger partial charge in [0.1, 0.15) is 5.54 Å². The van der Waals surface area contributed by atoms with Crippen molar-refractivity contribution in [1.29, 1.82) is 0 Å². The molecule has 2 aliphatic rings. The molecule has 5 rings (SSSR count). The molecule has 1 aliphatic carbocycles. The van der Waals surface area contributed by atoms with Crippen LogP contribution in [0.2, 0.25) is 0 Å². The molecule has 8 heteroatoms. The van der Waals surface area contributed by atoms with Gasteiger partial charge in [0.2, 0.25) is 0 Å². The van der Waals surface area contributed by atoms with Gasteiger partial charge in [-0.2, -0.15) is 0 Å². The number of carbonyl (C=O) groups excluding carboxylic acids is 3. The Morgan fingerprint density at radius 1 is 1.07 bits per heavy atom. The fourth-order valence-electron chi connectivity index (χ4n) is 4.19. The van der Waals surface area contributed by atoms with Gasteiger partial charge in [-0.15, -0.1) is 0 Å². The van der Waals surface area contributed by atoms with Gasteiger partial charge >= 0.3 is 12.1 Å². The lowest BCUT2D eigenvalue weighted by molar-refractivity contribution is -0.123. The number of anilines is 1. The Balaban J connectivity index is 1.26. The number of urea groups is 2. The first-order chi connectivity index (χ1) is 14.5. The molecule has 2 heterocycles. The van der Waals surface area contributed by atoms with Crippen molar-refractivity contribution < 1.29 is 14.4 Å². The smallest absolute Gasteiger partial charge is 0.322 e. The molecule has 0 radical (unpaired) electrons. The molecule has 1 atom stereocenters. The van der Waals surface area contributed by atoms with E-state index in [0.29, 0.717) is 25.1 Å². The van der Waals surface area contributed by atoms with Crippen LogP contribution in [0.15, 0.2) is 54.7 Å². The summed E-state index contributed by atoms with van der Waals surface area (Å²) in [6.07, 6.45) is 2.58. The topological polar surface area (TPSA) is 112 Å². The number of pyridine rings is 1. The molecular formula is C22H19N5O3. The summed E-state index contributed by atoms with van der Waals surface area (Å²) in [5.74, 6) is -0.306. The number of nitrogens with zero attached hydrogens (tertiary/aromatic N) is 1. The molecule has 1 aromatic heterocycles. The van der Waals surface area contributed by atoms with Crippen LogP contribution < -0.4 is 21.3 Å². The number of carbonyl (C=O) groups is 3. The van der Waals surface area contributed by atoms with Crippen LogP contribution in [0.1, 0.15) is 16.7 Å². The van der Waals surface area contributed by atoms with Crippen LogP contribution in [0.25, 0.3) is 10.9 Å². The van der Waals surface area contributed by atoms with Crippen molar-refractivity contribution in [2.24, 2.45) is 0 Å². The number of para-hydroxylation sites is 1. The van der Waals surface area contributed by atoms with Crippen LogP contribution >= 0.6 is 0 Å². The fraction of sp³-hybridized carbons (Fsp3) is 0.182. The summed E-state index contributed by atoms with van der Waals surface area (Å²) in [6, 6.07) is 14.4. The zero-order chi connectivity index (χ0) is 20.7. The van der Waals surface area contributed by atoms with Crippen molar-refractivity contribution in [3.8, 4) is 0 Å². The molecule has 8 nitrogen and oxygen atoms in total. The number of hydrogen-bond donors (Lipinski definition) is 4. The molecule has 2 aromatic carbocycles. The molecule has 150 valence electrons. The van der Waals surface area contributed by atoms with E-state index in [1.165, 1.54) is 0 Å². The molecule has 1 fully saturated rings. The fourth-order valence-corrected chi connectivity index (χ4v) is 4.19. The van der Waals surface area contributed by atoms with Crippen molar-refractivity contribution in [3.05, 3.63) is 71.4 Å². The lowest BCUT2D eigenvalue weighted by Crippen LogP contribution is -2.47. The number of amides is 5. The number of fused-ring (bicyclic) bond motifs is 2. The highest BCUT2D eigenvalue weighted by Gasteiger charge is 2.49. The van der Waals surface area contributed by atoms with Crippen molar-refractivity contribution in [3.63, 3.8) is 0 Å². The summed E-state index contributed by atoms with van der Waals surface area (Å²) in [6.45, 7) is 0.348. The highest BCUT2D eigenvalue weighted by atomic mass is 16.2. The summed E-state index contributed by atoms with van der Waals surface area (Å²) in [5, 5.41) is 11.7. The number of benzene rings is 2. The normalized spacial score (nSPS) is 19.5. The van der Waals surface area contributed by atoms with Crippen LogP contribution in [0, 0.1) is 0 Å². The van der Waals surface area contributed by atoms with E-state index in [-0.39, 0.29) is 11.9 Å². The van der Waals surface area contributed by atoms with E-state index in [2.05, 4.69) is 26.3 Å². The molecular weight excluding hydrogens is 382 g/mol. The summed E-state index contributed by atoms with van der Waals surface area (Å²) < 4.78 is 0. The Morgan fingerprint density at radius 3 is 2.73 bits per heavy atom. The standard InChI is InChI=1S/C22H19N5O3/c28-19-22(27-21(30)26-19)10-14-6-7-17(9-16(14)11-22)25-20(29)24-12-15-4-1-3-13-5-2-8-23-18(13)15/h1-9H,10-12H2,(H2,24,25,29)(H2,26,27,28,30).